The van der Waals surface area contributed by atoms with Gasteiger partial charge in [0.1, 0.15) is 5.60 Å². The number of hydrogen-bond donors (Lipinski definition) is 3. The van der Waals surface area contributed by atoms with Crippen LogP contribution < -0.4 is 11.1 Å². The molecule has 1 amide bonds. The molecule has 1 heterocycles. The van der Waals surface area contributed by atoms with Crippen molar-refractivity contribution in [3.63, 3.8) is 0 Å². The Labute approximate surface area is 96.3 Å². The predicted octanol–water partition coefficient (Wildman–Crippen LogP) is -0.373. The third-order valence-corrected chi connectivity index (χ3v) is 3.19. The first-order valence-electron chi connectivity index (χ1n) is 5.78. The van der Waals surface area contributed by atoms with E-state index in [9.17, 15) is 9.90 Å². The summed E-state index contributed by atoms with van der Waals surface area (Å²) in [6, 6.07) is 0. The minimum atomic E-state index is -0.915. The Bertz CT molecular complexity index is 247. The molecule has 0 spiro atoms. The molecule has 0 aromatic heterocycles. The SMILES string of the molecule is CC(CN)CC(=O)NCC1(O)CCOC1C. The summed E-state index contributed by atoms with van der Waals surface area (Å²) in [5, 5.41) is 12.9. The molecular formula is C11H22N2O3. The van der Waals surface area contributed by atoms with E-state index < -0.39 is 5.60 Å². The molecule has 1 aliphatic rings. The van der Waals surface area contributed by atoms with Gasteiger partial charge in [-0.2, -0.15) is 0 Å². The minimum absolute atomic E-state index is 0.0644. The predicted molar refractivity (Wildman–Crippen MR) is 60.8 cm³/mol. The minimum Gasteiger partial charge on any atom is -0.385 e. The summed E-state index contributed by atoms with van der Waals surface area (Å²) in [7, 11) is 0. The Morgan fingerprint density at radius 1 is 1.75 bits per heavy atom. The quantitative estimate of drug-likeness (QED) is 0.601. The smallest absolute Gasteiger partial charge is 0.220 e. The Balaban J connectivity index is 2.31. The zero-order valence-corrected chi connectivity index (χ0v) is 10.0. The summed E-state index contributed by atoms with van der Waals surface area (Å²) in [5.41, 5.74) is 4.52. The highest BCUT2D eigenvalue weighted by Crippen LogP contribution is 2.24. The molecule has 16 heavy (non-hydrogen) atoms. The van der Waals surface area contributed by atoms with Crippen LogP contribution in [0.3, 0.4) is 0 Å². The maximum atomic E-state index is 11.5. The van der Waals surface area contributed by atoms with Crippen molar-refractivity contribution in [2.24, 2.45) is 11.7 Å². The normalized spacial score (nSPS) is 31.4. The molecule has 4 N–H and O–H groups in total. The molecule has 0 bridgehead atoms. The van der Waals surface area contributed by atoms with Crippen molar-refractivity contribution in [3.05, 3.63) is 0 Å². The molecular weight excluding hydrogens is 208 g/mol. The van der Waals surface area contributed by atoms with E-state index in [2.05, 4.69) is 5.32 Å². The first-order chi connectivity index (χ1) is 7.48. The Morgan fingerprint density at radius 3 is 2.94 bits per heavy atom. The molecule has 5 nitrogen and oxygen atoms in total. The van der Waals surface area contributed by atoms with Gasteiger partial charge in [0, 0.05) is 26.0 Å². The maximum Gasteiger partial charge on any atom is 0.220 e. The molecule has 5 heteroatoms. The van der Waals surface area contributed by atoms with E-state index >= 15 is 0 Å². The molecule has 1 saturated heterocycles. The van der Waals surface area contributed by atoms with Gasteiger partial charge in [0.25, 0.3) is 0 Å². The zero-order chi connectivity index (χ0) is 12.2. The maximum absolute atomic E-state index is 11.5. The van der Waals surface area contributed by atoms with Crippen LogP contribution in [-0.2, 0) is 9.53 Å². The fraction of sp³-hybridized carbons (Fsp3) is 0.909. The Kier molecular flexibility index (Phi) is 4.70. The number of carbonyl (C=O) groups excluding carboxylic acids is 1. The van der Waals surface area contributed by atoms with E-state index in [1.165, 1.54) is 0 Å². The van der Waals surface area contributed by atoms with Gasteiger partial charge < -0.3 is 20.9 Å². The zero-order valence-electron chi connectivity index (χ0n) is 10.0. The van der Waals surface area contributed by atoms with Crippen molar-refractivity contribution in [1.29, 1.82) is 0 Å². The van der Waals surface area contributed by atoms with Gasteiger partial charge in [0.15, 0.2) is 0 Å². The second-order valence-corrected chi connectivity index (χ2v) is 4.69. The largest absolute Gasteiger partial charge is 0.385 e. The lowest BCUT2D eigenvalue weighted by molar-refractivity contribution is -0.123. The number of nitrogens with two attached hydrogens (primary N) is 1. The van der Waals surface area contributed by atoms with Crippen LogP contribution in [0.25, 0.3) is 0 Å². The van der Waals surface area contributed by atoms with Crippen LogP contribution in [0.4, 0.5) is 0 Å². The molecule has 0 radical (unpaired) electrons. The Morgan fingerprint density at radius 2 is 2.44 bits per heavy atom. The van der Waals surface area contributed by atoms with Crippen molar-refractivity contribution < 1.29 is 14.6 Å². The second-order valence-electron chi connectivity index (χ2n) is 4.69. The van der Waals surface area contributed by atoms with Gasteiger partial charge in [0.05, 0.1) is 6.10 Å². The van der Waals surface area contributed by atoms with Crippen molar-refractivity contribution in [1.82, 2.24) is 5.32 Å². The fourth-order valence-corrected chi connectivity index (χ4v) is 1.73. The first kappa shape index (κ1) is 13.4. The fourth-order valence-electron chi connectivity index (χ4n) is 1.73. The molecule has 0 aliphatic carbocycles. The summed E-state index contributed by atoms with van der Waals surface area (Å²) >= 11 is 0. The lowest BCUT2D eigenvalue weighted by Gasteiger charge is -2.26. The van der Waals surface area contributed by atoms with Crippen LogP contribution in [0.5, 0.6) is 0 Å². The van der Waals surface area contributed by atoms with E-state index in [1.807, 2.05) is 13.8 Å². The van der Waals surface area contributed by atoms with Gasteiger partial charge in [-0.05, 0) is 19.4 Å². The highest BCUT2D eigenvalue weighted by Gasteiger charge is 2.39. The first-order valence-corrected chi connectivity index (χ1v) is 5.78. The molecule has 0 saturated carbocycles. The lowest BCUT2D eigenvalue weighted by atomic mass is 9.96. The summed E-state index contributed by atoms with van der Waals surface area (Å²) < 4.78 is 5.28. The van der Waals surface area contributed by atoms with E-state index in [0.29, 0.717) is 26.0 Å². The van der Waals surface area contributed by atoms with Gasteiger partial charge in [-0.25, -0.2) is 0 Å². The molecule has 0 aromatic rings. The van der Waals surface area contributed by atoms with Gasteiger partial charge in [-0.15, -0.1) is 0 Å². The van der Waals surface area contributed by atoms with Gasteiger partial charge in [0.2, 0.25) is 5.91 Å². The molecule has 94 valence electrons. The average Bonchev–Trinajstić information content (AvgIpc) is 2.57. The summed E-state index contributed by atoms with van der Waals surface area (Å²) in [5.74, 6) is 0.109. The van der Waals surface area contributed by atoms with Crippen molar-refractivity contribution >= 4 is 5.91 Å². The van der Waals surface area contributed by atoms with Gasteiger partial charge in [-0.1, -0.05) is 6.92 Å². The van der Waals surface area contributed by atoms with E-state index in [-0.39, 0.29) is 24.5 Å². The molecule has 1 fully saturated rings. The van der Waals surface area contributed by atoms with Crippen molar-refractivity contribution in [2.45, 2.75) is 38.4 Å². The molecule has 3 atom stereocenters. The number of aliphatic hydroxyl groups is 1. The highest BCUT2D eigenvalue weighted by molar-refractivity contribution is 5.76. The summed E-state index contributed by atoms with van der Waals surface area (Å²) in [6.07, 6.45) is 0.752. The van der Waals surface area contributed by atoms with E-state index in [4.69, 9.17) is 10.5 Å². The average molecular weight is 230 g/mol. The number of ether oxygens (including phenoxy) is 1. The number of hydrogen-bond acceptors (Lipinski definition) is 4. The topological polar surface area (TPSA) is 84.6 Å². The summed E-state index contributed by atoms with van der Waals surface area (Å²) in [6.45, 7) is 5.05. The molecule has 1 aliphatic heterocycles. The standard InChI is InChI=1S/C11H22N2O3/c1-8(6-12)5-10(14)13-7-11(15)3-4-16-9(11)2/h8-9,15H,3-7,12H2,1-2H3,(H,13,14). The van der Waals surface area contributed by atoms with Crippen LogP contribution in [-0.4, -0.2) is 42.4 Å². The van der Waals surface area contributed by atoms with E-state index in [0.717, 1.165) is 0 Å². The number of carbonyl (C=O) groups is 1. The molecule has 0 aromatic carbocycles. The number of amides is 1. The van der Waals surface area contributed by atoms with Gasteiger partial charge >= 0.3 is 0 Å². The van der Waals surface area contributed by atoms with Crippen LogP contribution >= 0.6 is 0 Å². The summed E-state index contributed by atoms with van der Waals surface area (Å²) in [4.78, 5) is 11.5. The number of rotatable bonds is 5. The Hall–Kier alpha value is -0.650. The van der Waals surface area contributed by atoms with Crippen molar-refractivity contribution in [3.8, 4) is 0 Å². The molecule has 3 unspecified atom stereocenters. The van der Waals surface area contributed by atoms with Crippen LogP contribution in [0.2, 0.25) is 0 Å². The third-order valence-electron chi connectivity index (χ3n) is 3.19. The number of nitrogens with one attached hydrogen (secondary N) is 1. The second kappa shape index (κ2) is 5.61. The van der Waals surface area contributed by atoms with Crippen molar-refractivity contribution in [2.75, 3.05) is 19.7 Å². The van der Waals surface area contributed by atoms with E-state index in [1.54, 1.807) is 0 Å². The van der Waals surface area contributed by atoms with Gasteiger partial charge in [-0.3, -0.25) is 4.79 Å². The van der Waals surface area contributed by atoms with Crippen LogP contribution in [0.1, 0.15) is 26.7 Å². The third kappa shape index (κ3) is 3.43. The lowest BCUT2D eigenvalue weighted by Crippen LogP contribution is -2.47. The van der Waals surface area contributed by atoms with Crippen LogP contribution in [0, 0.1) is 5.92 Å². The monoisotopic (exact) mass is 230 g/mol. The highest BCUT2D eigenvalue weighted by atomic mass is 16.5. The van der Waals surface area contributed by atoms with Crippen LogP contribution in [0.15, 0.2) is 0 Å². The molecule has 1 rings (SSSR count).